The lowest BCUT2D eigenvalue weighted by molar-refractivity contribution is -0.120. The van der Waals surface area contributed by atoms with Gasteiger partial charge in [0.2, 0.25) is 5.91 Å². The molecule has 294 valence electrons. The van der Waals surface area contributed by atoms with Crippen molar-refractivity contribution in [3.63, 3.8) is 0 Å². The molecule has 0 aliphatic carbocycles. The zero-order chi connectivity index (χ0) is 38.1. The Morgan fingerprint density at radius 1 is 0.909 bits per heavy atom. The average molecular weight is 779 g/mol. The number of benzene rings is 2. The van der Waals surface area contributed by atoms with Gasteiger partial charge in [-0.15, -0.1) is 0 Å². The van der Waals surface area contributed by atoms with Crippen molar-refractivity contribution in [3.05, 3.63) is 57.6 Å². The second-order valence-electron chi connectivity index (χ2n) is 15.2. The Morgan fingerprint density at radius 2 is 1.64 bits per heavy atom. The van der Waals surface area contributed by atoms with E-state index in [0.29, 0.717) is 57.4 Å². The third-order valence-corrected chi connectivity index (χ3v) is 13.0. The lowest BCUT2D eigenvalue weighted by Crippen LogP contribution is -2.49. The second-order valence-corrected chi connectivity index (χ2v) is 16.5. The number of aromatic amines is 1. The van der Waals surface area contributed by atoms with Gasteiger partial charge < -0.3 is 24.3 Å². The van der Waals surface area contributed by atoms with Crippen molar-refractivity contribution in [3.8, 4) is 5.75 Å². The number of piperidine rings is 2. The molecule has 0 radical (unpaired) electrons. The third-order valence-electron chi connectivity index (χ3n) is 11.6. The Balaban J connectivity index is 0.788. The second kappa shape index (κ2) is 16.5. The fourth-order valence-electron chi connectivity index (χ4n) is 8.33. The molecule has 4 aromatic rings. The topological polar surface area (TPSA) is 138 Å². The zero-order valence-corrected chi connectivity index (χ0v) is 32.0. The summed E-state index contributed by atoms with van der Waals surface area (Å²) in [6.07, 6.45) is 5.82. The van der Waals surface area contributed by atoms with Crippen LogP contribution in [-0.4, -0.2) is 112 Å². The van der Waals surface area contributed by atoms with Crippen LogP contribution in [0, 0.1) is 17.6 Å². The van der Waals surface area contributed by atoms with E-state index in [1.165, 1.54) is 17.0 Å². The predicted octanol–water partition coefficient (Wildman–Crippen LogP) is 4.92. The van der Waals surface area contributed by atoms with Gasteiger partial charge in [0.15, 0.2) is 5.82 Å². The van der Waals surface area contributed by atoms with E-state index in [4.69, 9.17) is 9.47 Å². The molecule has 0 spiro atoms. The van der Waals surface area contributed by atoms with E-state index < -0.39 is 17.4 Å². The molecule has 4 aliphatic heterocycles. The summed E-state index contributed by atoms with van der Waals surface area (Å²) in [5, 5.41) is 7.81. The summed E-state index contributed by atoms with van der Waals surface area (Å²) in [6, 6.07) is 5.80. The molecule has 0 saturated carbocycles. The molecule has 8 rings (SSSR count). The van der Waals surface area contributed by atoms with Gasteiger partial charge in [0.1, 0.15) is 28.6 Å². The van der Waals surface area contributed by atoms with Crippen molar-refractivity contribution in [2.75, 3.05) is 70.5 Å². The van der Waals surface area contributed by atoms with E-state index in [9.17, 15) is 14.4 Å². The first-order chi connectivity index (χ1) is 26.7. The monoisotopic (exact) mass is 778 g/mol. The summed E-state index contributed by atoms with van der Waals surface area (Å²) in [5.41, 5.74) is 1.30. The van der Waals surface area contributed by atoms with Gasteiger partial charge >= 0.3 is 6.03 Å². The average Bonchev–Trinajstić information content (AvgIpc) is 3.49. The quantitative estimate of drug-likeness (QED) is 0.216. The Bertz CT molecular complexity index is 2110. The first-order valence-corrected chi connectivity index (χ1v) is 20.5. The maximum absolute atomic E-state index is 15.6. The number of nitrogens with zero attached hydrogens (tertiary/aromatic N) is 6. The highest BCUT2D eigenvalue weighted by molar-refractivity contribution is 7.99. The number of likely N-dealkylation sites (tertiary alicyclic amines) is 2. The molecule has 0 bridgehead atoms. The van der Waals surface area contributed by atoms with E-state index in [0.717, 1.165) is 96.5 Å². The van der Waals surface area contributed by atoms with Gasteiger partial charge in [-0.25, -0.2) is 18.6 Å². The van der Waals surface area contributed by atoms with Crippen LogP contribution in [0.2, 0.25) is 0 Å². The minimum absolute atomic E-state index is 0.0383. The van der Waals surface area contributed by atoms with E-state index in [-0.39, 0.29) is 36.0 Å². The summed E-state index contributed by atoms with van der Waals surface area (Å²) >= 11 is 1.75. The molecule has 4 fully saturated rings. The fourth-order valence-corrected chi connectivity index (χ4v) is 9.39. The van der Waals surface area contributed by atoms with Crippen molar-refractivity contribution >= 4 is 51.3 Å². The zero-order valence-electron chi connectivity index (χ0n) is 31.2. The number of aryl methyl sites for hydroxylation is 1. The van der Waals surface area contributed by atoms with Crippen LogP contribution in [0.5, 0.6) is 5.75 Å². The van der Waals surface area contributed by atoms with Crippen molar-refractivity contribution in [2.45, 2.75) is 61.9 Å². The Labute approximate surface area is 322 Å². The standard InChI is InChI=1S/C39H48F2N8O5S/c1-46-33-21-28(30(40)20-29(33)37(45-46)49-13-6-35(50)44-39(49)52)25-4-11-48(12-5-25)15-14-47-9-2-24(3-10-47)22-54-26-18-31(41)36-32(19-26)42-34(43-38(36)51)23-55-27-7-16-53-17-8-27/h18-21,24-25,27H,2-17,22-23H2,1H3,(H,42,43,51)(H,44,50,52). The number of carbonyl (C=O) groups excluding carboxylic acids is 2. The van der Waals surface area contributed by atoms with Crippen LogP contribution in [0.3, 0.4) is 0 Å². The number of fused-ring (bicyclic) bond motifs is 2. The lowest BCUT2D eigenvalue weighted by atomic mass is 9.88. The van der Waals surface area contributed by atoms with Gasteiger partial charge in [-0.3, -0.25) is 24.5 Å². The Hall–Kier alpha value is -4.12. The van der Waals surface area contributed by atoms with E-state index in [2.05, 4.69) is 30.2 Å². The number of thioether (sulfide) groups is 1. The molecular weight excluding hydrogens is 731 g/mol. The summed E-state index contributed by atoms with van der Waals surface area (Å²) in [4.78, 5) is 50.5. The summed E-state index contributed by atoms with van der Waals surface area (Å²) in [5.74, 6) is 1.07. The molecule has 4 aliphatic rings. The first-order valence-electron chi connectivity index (χ1n) is 19.5. The highest BCUT2D eigenvalue weighted by Gasteiger charge is 2.30. The maximum Gasteiger partial charge on any atom is 0.329 e. The number of carbonyl (C=O) groups is 2. The largest absolute Gasteiger partial charge is 0.493 e. The molecular formula is C39H48F2N8O5S. The molecule has 4 saturated heterocycles. The molecule has 2 N–H and O–H groups in total. The van der Waals surface area contributed by atoms with Crippen molar-refractivity contribution < 1.29 is 27.8 Å². The van der Waals surface area contributed by atoms with Gasteiger partial charge in [-0.2, -0.15) is 16.9 Å². The molecule has 0 unspecified atom stereocenters. The normalized spacial score (nSPS) is 20.2. The molecule has 2 aromatic carbocycles. The molecule has 0 atom stereocenters. The molecule has 3 amide bonds. The lowest BCUT2D eigenvalue weighted by Gasteiger charge is -2.36. The number of aromatic nitrogens is 4. The molecule has 6 heterocycles. The molecule has 55 heavy (non-hydrogen) atoms. The number of nitrogens with one attached hydrogen (secondary N) is 2. The highest BCUT2D eigenvalue weighted by atomic mass is 32.2. The van der Waals surface area contributed by atoms with Gasteiger partial charge in [0, 0.05) is 69.1 Å². The third kappa shape index (κ3) is 8.52. The number of anilines is 1. The number of halogens is 2. The number of hydrogen-bond acceptors (Lipinski definition) is 10. The maximum atomic E-state index is 15.6. The summed E-state index contributed by atoms with van der Waals surface area (Å²) < 4.78 is 43.8. The number of H-pyrrole nitrogens is 1. The number of urea groups is 1. The van der Waals surface area contributed by atoms with Crippen LogP contribution in [0.25, 0.3) is 21.8 Å². The van der Waals surface area contributed by atoms with Crippen molar-refractivity contribution in [1.82, 2.24) is 34.9 Å². The van der Waals surface area contributed by atoms with Gasteiger partial charge in [0.25, 0.3) is 5.56 Å². The van der Waals surface area contributed by atoms with E-state index in [1.807, 2.05) is 6.07 Å². The highest BCUT2D eigenvalue weighted by Crippen LogP contribution is 2.36. The summed E-state index contributed by atoms with van der Waals surface area (Å²) in [7, 11) is 1.79. The van der Waals surface area contributed by atoms with Crippen LogP contribution in [0.1, 0.15) is 62.3 Å². The Kier molecular flexibility index (Phi) is 11.4. The number of amides is 3. The van der Waals surface area contributed by atoms with Crippen LogP contribution in [0.4, 0.5) is 19.4 Å². The van der Waals surface area contributed by atoms with Crippen molar-refractivity contribution in [1.29, 1.82) is 0 Å². The SMILES string of the molecule is Cn1nc(N2CCC(=O)NC2=O)c2cc(F)c(C3CCN(CCN4CCC(COc5cc(F)c6c(=O)[nH]c(CSC7CCOCC7)nc6c5)CC4)CC3)cc21. The minimum Gasteiger partial charge on any atom is -0.493 e. The van der Waals surface area contributed by atoms with Crippen LogP contribution in [-0.2, 0) is 22.3 Å². The smallest absolute Gasteiger partial charge is 0.329 e. The number of rotatable bonds is 11. The van der Waals surface area contributed by atoms with Gasteiger partial charge in [-0.1, -0.05) is 0 Å². The van der Waals surface area contributed by atoms with E-state index in [1.54, 1.807) is 29.6 Å². The molecule has 16 heteroatoms. The predicted molar refractivity (Wildman–Crippen MR) is 207 cm³/mol. The van der Waals surface area contributed by atoms with Gasteiger partial charge in [-0.05, 0) is 94.2 Å². The van der Waals surface area contributed by atoms with Crippen molar-refractivity contribution in [2.24, 2.45) is 13.0 Å². The van der Waals surface area contributed by atoms with E-state index >= 15 is 8.78 Å². The van der Waals surface area contributed by atoms with Gasteiger partial charge in [0.05, 0.1) is 23.4 Å². The Morgan fingerprint density at radius 3 is 2.36 bits per heavy atom. The fraction of sp³-hybridized carbons (Fsp3) is 0.564. The molecule has 2 aromatic heterocycles. The molecule has 13 nitrogen and oxygen atoms in total. The van der Waals surface area contributed by atoms with Crippen LogP contribution < -0.4 is 20.5 Å². The van der Waals surface area contributed by atoms with Crippen LogP contribution in [0.15, 0.2) is 29.1 Å². The minimum atomic E-state index is -0.623. The number of ether oxygens (including phenoxy) is 2. The van der Waals surface area contributed by atoms with Crippen LogP contribution >= 0.6 is 11.8 Å². The summed E-state index contributed by atoms with van der Waals surface area (Å²) in [6.45, 7) is 7.84. The first kappa shape index (κ1) is 37.8. The number of imide groups is 1. The number of hydrogen-bond donors (Lipinski definition) is 2.